The van der Waals surface area contributed by atoms with Gasteiger partial charge in [-0.05, 0) is 36.1 Å². The first kappa shape index (κ1) is 13.0. The monoisotopic (exact) mass is 260 g/mol. The topological polar surface area (TPSA) is 38.0 Å². The zero-order chi connectivity index (χ0) is 13.2. The summed E-state index contributed by atoms with van der Waals surface area (Å²) in [5.41, 5.74) is 9.10. The van der Waals surface area contributed by atoms with Gasteiger partial charge in [-0.25, -0.2) is 0 Å². The van der Waals surface area contributed by atoms with Crippen LogP contribution in [0.5, 0.6) is 0 Å². The van der Waals surface area contributed by atoms with E-state index >= 15 is 0 Å². The fourth-order valence-corrected chi connectivity index (χ4v) is 2.68. The van der Waals surface area contributed by atoms with Gasteiger partial charge in [-0.2, -0.15) is 0 Å². The van der Waals surface area contributed by atoms with Crippen molar-refractivity contribution in [3.8, 4) is 0 Å². The summed E-state index contributed by atoms with van der Waals surface area (Å²) in [5.74, 6) is 0. The second-order valence-corrected chi connectivity index (χ2v) is 6.23. The highest BCUT2D eigenvalue weighted by atomic mass is 32.1. The first-order chi connectivity index (χ1) is 8.49. The molecule has 3 heteroatoms. The van der Waals surface area contributed by atoms with Gasteiger partial charge < -0.3 is 11.1 Å². The van der Waals surface area contributed by atoms with E-state index in [0.717, 1.165) is 23.5 Å². The molecule has 3 N–H and O–H groups in total. The van der Waals surface area contributed by atoms with Gasteiger partial charge in [0.05, 0.1) is 0 Å². The number of hydrogen-bond acceptors (Lipinski definition) is 3. The van der Waals surface area contributed by atoms with Crippen LogP contribution in [-0.4, -0.2) is 6.54 Å². The van der Waals surface area contributed by atoms with Crippen molar-refractivity contribution in [2.45, 2.75) is 26.2 Å². The van der Waals surface area contributed by atoms with Crippen LogP contribution in [0.25, 0.3) is 0 Å². The van der Waals surface area contributed by atoms with Crippen molar-refractivity contribution in [2.24, 2.45) is 0 Å². The zero-order valence-corrected chi connectivity index (χ0v) is 12.0. The number of hydrogen-bond donors (Lipinski definition) is 2. The van der Waals surface area contributed by atoms with Gasteiger partial charge in [-0.1, -0.05) is 26.0 Å². The van der Waals surface area contributed by atoms with Gasteiger partial charge in [0.2, 0.25) is 0 Å². The largest absolute Gasteiger partial charge is 0.398 e. The fraction of sp³-hybridized carbons (Fsp3) is 0.333. The van der Waals surface area contributed by atoms with Gasteiger partial charge in [0.1, 0.15) is 0 Å². The lowest BCUT2D eigenvalue weighted by Gasteiger charge is -2.24. The molecule has 0 aliphatic carbocycles. The average Bonchev–Trinajstić information content (AvgIpc) is 2.85. The minimum absolute atomic E-state index is 0.133. The SMILES string of the molecule is Cc1ccc(NCC(C)(C)c2cccs2)cc1N. The molecule has 0 radical (unpaired) electrons. The Bertz CT molecular complexity index is 515. The molecule has 1 heterocycles. The third-order valence-corrected chi connectivity index (χ3v) is 4.44. The first-order valence-corrected chi connectivity index (χ1v) is 7.01. The molecule has 0 atom stereocenters. The van der Waals surface area contributed by atoms with Gasteiger partial charge in [-0.15, -0.1) is 11.3 Å². The molecule has 2 nitrogen and oxygen atoms in total. The second-order valence-electron chi connectivity index (χ2n) is 5.29. The van der Waals surface area contributed by atoms with Gasteiger partial charge in [0.25, 0.3) is 0 Å². The summed E-state index contributed by atoms with van der Waals surface area (Å²) < 4.78 is 0. The fourth-order valence-electron chi connectivity index (χ4n) is 1.82. The van der Waals surface area contributed by atoms with E-state index in [0.29, 0.717) is 0 Å². The summed E-state index contributed by atoms with van der Waals surface area (Å²) in [6.45, 7) is 7.43. The van der Waals surface area contributed by atoms with E-state index in [2.05, 4.69) is 48.8 Å². The van der Waals surface area contributed by atoms with Crippen LogP contribution in [-0.2, 0) is 5.41 Å². The molecule has 0 saturated heterocycles. The Morgan fingerprint density at radius 2 is 2.06 bits per heavy atom. The van der Waals surface area contributed by atoms with E-state index in [1.54, 1.807) is 11.3 Å². The Morgan fingerprint density at radius 1 is 1.28 bits per heavy atom. The number of thiophene rings is 1. The maximum absolute atomic E-state index is 5.92. The second kappa shape index (κ2) is 5.02. The van der Waals surface area contributed by atoms with E-state index in [4.69, 9.17) is 5.73 Å². The van der Waals surface area contributed by atoms with E-state index in [1.807, 2.05) is 13.0 Å². The highest BCUT2D eigenvalue weighted by Gasteiger charge is 2.21. The molecule has 1 aromatic carbocycles. The van der Waals surface area contributed by atoms with Crippen LogP contribution < -0.4 is 11.1 Å². The van der Waals surface area contributed by atoms with Crippen molar-refractivity contribution < 1.29 is 0 Å². The van der Waals surface area contributed by atoms with Gasteiger partial charge >= 0.3 is 0 Å². The number of nitrogens with one attached hydrogen (secondary N) is 1. The van der Waals surface area contributed by atoms with Gasteiger partial charge in [0.15, 0.2) is 0 Å². The molecule has 18 heavy (non-hydrogen) atoms. The summed E-state index contributed by atoms with van der Waals surface area (Å²) in [4.78, 5) is 1.40. The lowest BCUT2D eigenvalue weighted by atomic mass is 9.91. The molecule has 96 valence electrons. The minimum atomic E-state index is 0.133. The summed E-state index contributed by atoms with van der Waals surface area (Å²) >= 11 is 1.81. The minimum Gasteiger partial charge on any atom is -0.398 e. The lowest BCUT2D eigenvalue weighted by molar-refractivity contribution is 0.569. The Balaban J connectivity index is 2.05. The number of aryl methyl sites for hydroxylation is 1. The van der Waals surface area contributed by atoms with Gasteiger partial charge in [-0.3, -0.25) is 0 Å². The molecular weight excluding hydrogens is 240 g/mol. The number of nitrogens with two attached hydrogens (primary N) is 1. The molecule has 0 spiro atoms. The zero-order valence-electron chi connectivity index (χ0n) is 11.2. The highest BCUT2D eigenvalue weighted by molar-refractivity contribution is 7.10. The maximum Gasteiger partial charge on any atom is 0.0364 e. The molecular formula is C15H20N2S. The third kappa shape index (κ3) is 2.85. The van der Waals surface area contributed by atoms with Crippen LogP contribution in [0.1, 0.15) is 24.3 Å². The summed E-state index contributed by atoms with van der Waals surface area (Å²) in [5, 5.41) is 5.59. The number of benzene rings is 1. The van der Waals surface area contributed by atoms with Crippen molar-refractivity contribution in [2.75, 3.05) is 17.6 Å². The highest BCUT2D eigenvalue weighted by Crippen LogP contribution is 2.28. The normalized spacial score (nSPS) is 11.5. The summed E-state index contributed by atoms with van der Waals surface area (Å²) in [6.07, 6.45) is 0. The van der Waals surface area contributed by atoms with Crippen molar-refractivity contribution in [3.05, 3.63) is 46.2 Å². The molecule has 0 aliphatic rings. The molecule has 0 saturated carbocycles. The Kier molecular flexibility index (Phi) is 3.62. The van der Waals surface area contributed by atoms with Crippen molar-refractivity contribution in [1.29, 1.82) is 0 Å². The molecule has 0 amide bonds. The maximum atomic E-state index is 5.92. The van der Waals surface area contributed by atoms with E-state index in [9.17, 15) is 0 Å². The Labute approximate surface area is 113 Å². The predicted molar refractivity (Wildman–Crippen MR) is 81.4 cm³/mol. The molecule has 1 aromatic heterocycles. The van der Waals surface area contributed by atoms with Crippen LogP contribution in [0.3, 0.4) is 0 Å². The average molecular weight is 260 g/mol. The first-order valence-electron chi connectivity index (χ1n) is 6.13. The quantitative estimate of drug-likeness (QED) is 0.815. The predicted octanol–water partition coefficient (Wildman–Crippen LogP) is 4.03. The molecule has 0 unspecified atom stereocenters. The van der Waals surface area contributed by atoms with Gasteiger partial charge in [0, 0.05) is 28.2 Å². The van der Waals surface area contributed by atoms with Crippen molar-refractivity contribution in [1.82, 2.24) is 0 Å². The van der Waals surface area contributed by atoms with Crippen molar-refractivity contribution >= 4 is 22.7 Å². The molecule has 2 aromatic rings. The van der Waals surface area contributed by atoms with E-state index in [1.165, 1.54) is 4.88 Å². The van der Waals surface area contributed by atoms with Crippen LogP contribution in [0, 0.1) is 6.92 Å². The van der Waals surface area contributed by atoms with Crippen LogP contribution in [0.4, 0.5) is 11.4 Å². The molecule has 0 fully saturated rings. The number of anilines is 2. The molecule has 0 aliphatic heterocycles. The smallest absolute Gasteiger partial charge is 0.0364 e. The Morgan fingerprint density at radius 3 is 2.67 bits per heavy atom. The van der Waals surface area contributed by atoms with Crippen molar-refractivity contribution in [3.63, 3.8) is 0 Å². The summed E-state index contributed by atoms with van der Waals surface area (Å²) in [6, 6.07) is 10.4. The Hall–Kier alpha value is -1.48. The standard InChI is InChI=1S/C15H20N2S/c1-11-6-7-12(9-13(11)16)17-10-15(2,3)14-5-4-8-18-14/h4-9,17H,10,16H2,1-3H3. The van der Waals surface area contributed by atoms with E-state index in [-0.39, 0.29) is 5.41 Å². The van der Waals surface area contributed by atoms with E-state index < -0.39 is 0 Å². The lowest BCUT2D eigenvalue weighted by Crippen LogP contribution is -2.26. The van der Waals surface area contributed by atoms with Crippen LogP contribution in [0.2, 0.25) is 0 Å². The summed E-state index contributed by atoms with van der Waals surface area (Å²) in [7, 11) is 0. The third-order valence-electron chi connectivity index (χ3n) is 3.20. The van der Waals surface area contributed by atoms with Crippen LogP contribution >= 0.6 is 11.3 Å². The number of nitrogen functional groups attached to an aromatic ring is 1. The molecule has 2 rings (SSSR count). The molecule has 0 bridgehead atoms. The van der Waals surface area contributed by atoms with Crippen LogP contribution in [0.15, 0.2) is 35.7 Å². The number of rotatable bonds is 4.